The fourth-order valence-corrected chi connectivity index (χ4v) is 3.95. The van der Waals surface area contributed by atoms with Gasteiger partial charge in [0.2, 0.25) is 5.91 Å². The quantitative estimate of drug-likeness (QED) is 0.282. The van der Waals surface area contributed by atoms with Gasteiger partial charge in [-0.1, -0.05) is 11.8 Å². The minimum absolute atomic E-state index is 0. The van der Waals surface area contributed by atoms with Crippen molar-refractivity contribution in [2.45, 2.75) is 31.4 Å². The third kappa shape index (κ3) is 5.99. The van der Waals surface area contributed by atoms with E-state index in [0.717, 1.165) is 16.2 Å². The molecule has 1 amide bonds. The van der Waals surface area contributed by atoms with Gasteiger partial charge in [-0.2, -0.15) is 13.5 Å². The highest BCUT2D eigenvalue weighted by molar-refractivity contribution is 7.59. The molecule has 36 heavy (non-hydrogen) atoms. The number of carbonyl (C=O) groups excluding carboxylic acids is 2. The number of hydrogen-bond donors (Lipinski definition) is 0. The fraction of sp³-hybridized carbons (Fsp3) is 0.259. The molecule has 6 nitrogen and oxygen atoms in total. The minimum Gasteiger partial charge on any atom is -0.497 e. The maximum Gasteiger partial charge on any atom is 0.306 e. The molecule has 2 aromatic carbocycles. The van der Waals surface area contributed by atoms with E-state index in [1.165, 1.54) is 6.20 Å². The molecule has 1 saturated heterocycles. The fourth-order valence-electron chi connectivity index (χ4n) is 3.95. The van der Waals surface area contributed by atoms with Crippen molar-refractivity contribution in [1.29, 1.82) is 0 Å². The van der Waals surface area contributed by atoms with Crippen LogP contribution in [0.1, 0.15) is 40.7 Å². The molecule has 9 heteroatoms. The van der Waals surface area contributed by atoms with Crippen LogP contribution in [0.25, 0.3) is 15.7 Å². The second-order valence-corrected chi connectivity index (χ2v) is 8.18. The molecule has 3 aromatic rings. The van der Waals surface area contributed by atoms with Gasteiger partial charge in [-0.25, -0.2) is 15.4 Å². The van der Waals surface area contributed by atoms with E-state index < -0.39 is 31.0 Å². The maximum atomic E-state index is 13.6. The van der Waals surface area contributed by atoms with Crippen molar-refractivity contribution >= 4 is 36.1 Å². The van der Waals surface area contributed by atoms with Crippen LogP contribution in [0, 0.1) is 18.4 Å². The number of likely N-dealkylation sites (tertiary alicyclic amines) is 1. The Morgan fingerprint density at radius 1 is 1.14 bits per heavy atom. The van der Waals surface area contributed by atoms with E-state index in [2.05, 4.69) is 21.7 Å². The molecular formula is C27H23F2N3O3S. The Morgan fingerprint density at radius 3 is 2.53 bits per heavy atom. The van der Waals surface area contributed by atoms with Crippen LogP contribution >= 0.6 is 13.5 Å². The second kappa shape index (κ2) is 11.2. The molecule has 0 N–H and O–H groups in total. The summed E-state index contributed by atoms with van der Waals surface area (Å²) in [7, 11) is 1.59. The van der Waals surface area contributed by atoms with Crippen molar-refractivity contribution in [2.75, 3.05) is 13.7 Å². The van der Waals surface area contributed by atoms with Crippen molar-refractivity contribution in [3.63, 3.8) is 0 Å². The zero-order valence-electron chi connectivity index (χ0n) is 19.4. The summed E-state index contributed by atoms with van der Waals surface area (Å²) in [5, 5.41) is 0.596. The molecule has 1 atom stereocenters. The number of ether oxygens (including phenoxy) is 1. The SMILES string of the molecule is S.[C-]#[N+][C@@H]1CC(F)(F)CN1C(=O)CCC(=O)c1ccnc2ccc(C#Cc3ccc(OC)cc3)cc12. The number of rotatable bonds is 5. The molecule has 0 saturated carbocycles. The van der Waals surface area contributed by atoms with Gasteiger partial charge in [-0.15, -0.1) is 0 Å². The van der Waals surface area contributed by atoms with Crippen LogP contribution in [-0.2, 0) is 4.79 Å². The van der Waals surface area contributed by atoms with Gasteiger partial charge in [0.25, 0.3) is 5.92 Å². The number of pyridine rings is 1. The van der Waals surface area contributed by atoms with Gasteiger partial charge in [0, 0.05) is 41.1 Å². The first-order valence-corrected chi connectivity index (χ1v) is 10.9. The van der Waals surface area contributed by atoms with E-state index in [1.807, 2.05) is 30.3 Å². The molecule has 4 rings (SSSR count). The monoisotopic (exact) mass is 507 g/mol. The zero-order valence-corrected chi connectivity index (χ0v) is 20.4. The van der Waals surface area contributed by atoms with E-state index in [-0.39, 0.29) is 32.1 Å². The van der Waals surface area contributed by atoms with Crippen LogP contribution in [0.15, 0.2) is 54.7 Å². The molecule has 0 aliphatic carbocycles. The number of alkyl halides is 2. The minimum atomic E-state index is -3.08. The van der Waals surface area contributed by atoms with E-state index in [1.54, 1.807) is 25.3 Å². The highest BCUT2D eigenvalue weighted by Gasteiger charge is 2.50. The van der Waals surface area contributed by atoms with Gasteiger partial charge in [0.05, 0.1) is 19.2 Å². The van der Waals surface area contributed by atoms with Gasteiger partial charge in [0.1, 0.15) is 12.2 Å². The third-order valence-corrected chi connectivity index (χ3v) is 5.76. The van der Waals surface area contributed by atoms with Crippen LogP contribution in [0.3, 0.4) is 0 Å². The van der Waals surface area contributed by atoms with E-state index >= 15 is 0 Å². The van der Waals surface area contributed by atoms with Crippen LogP contribution in [-0.4, -0.2) is 47.3 Å². The molecule has 0 unspecified atom stereocenters. The van der Waals surface area contributed by atoms with Crippen molar-refractivity contribution in [2.24, 2.45) is 0 Å². The Labute approximate surface area is 214 Å². The van der Waals surface area contributed by atoms with Crippen LogP contribution in [0.5, 0.6) is 5.75 Å². The van der Waals surface area contributed by atoms with Crippen molar-refractivity contribution in [3.05, 3.63) is 82.8 Å². The molecule has 0 spiro atoms. The van der Waals surface area contributed by atoms with E-state index in [9.17, 15) is 18.4 Å². The number of ketones is 1. The summed E-state index contributed by atoms with van der Waals surface area (Å²) < 4.78 is 32.4. The number of methoxy groups -OCH3 is 1. The highest BCUT2D eigenvalue weighted by Crippen LogP contribution is 2.33. The lowest BCUT2D eigenvalue weighted by atomic mass is 10.00. The number of amides is 1. The summed E-state index contributed by atoms with van der Waals surface area (Å²) >= 11 is 0. The first-order valence-electron chi connectivity index (χ1n) is 10.9. The van der Waals surface area contributed by atoms with E-state index in [4.69, 9.17) is 11.3 Å². The third-order valence-electron chi connectivity index (χ3n) is 5.76. The van der Waals surface area contributed by atoms with E-state index in [0.29, 0.717) is 22.0 Å². The van der Waals surface area contributed by atoms with Gasteiger partial charge in [-0.05, 0) is 48.5 Å². The number of aromatic nitrogens is 1. The average Bonchev–Trinajstić information content (AvgIpc) is 3.20. The molecule has 1 aliphatic heterocycles. The highest BCUT2D eigenvalue weighted by atomic mass is 32.1. The Kier molecular flexibility index (Phi) is 8.29. The van der Waals surface area contributed by atoms with Crippen molar-refractivity contribution < 1.29 is 23.1 Å². The largest absolute Gasteiger partial charge is 0.497 e. The number of fused-ring (bicyclic) bond motifs is 1. The molecule has 0 radical (unpaired) electrons. The smallest absolute Gasteiger partial charge is 0.306 e. The predicted molar refractivity (Wildman–Crippen MR) is 136 cm³/mol. The number of Topliss-reactive ketones (excluding diaryl/α,β-unsaturated/α-hetero) is 1. The Bertz CT molecular complexity index is 1390. The van der Waals surface area contributed by atoms with Crippen LogP contribution in [0.2, 0.25) is 0 Å². The molecule has 0 bridgehead atoms. The van der Waals surface area contributed by atoms with Crippen molar-refractivity contribution in [1.82, 2.24) is 9.88 Å². The van der Waals surface area contributed by atoms with Gasteiger partial charge in [-0.3, -0.25) is 24.3 Å². The number of benzene rings is 2. The standard InChI is InChI=1S/C27H21F2N3O3.H2S/c1-30-25-16-27(28,29)17-32(25)26(34)12-11-24(33)21-13-14-31-23-10-7-19(15-22(21)23)4-3-18-5-8-20(35-2)9-6-18;/h5-10,13-15,25H,11-12,16-17H2,2H3;1H2/t25-;/m0./s1. The number of hydrogen-bond acceptors (Lipinski definition) is 4. The first-order chi connectivity index (χ1) is 16.8. The lowest BCUT2D eigenvalue weighted by Gasteiger charge is -2.16. The number of carbonyl (C=O) groups is 2. The summed E-state index contributed by atoms with van der Waals surface area (Å²) in [6, 6.07) is 14.2. The van der Waals surface area contributed by atoms with Crippen LogP contribution in [0.4, 0.5) is 8.78 Å². The topological polar surface area (TPSA) is 63.9 Å². The normalized spacial score (nSPS) is 15.8. The molecule has 1 aromatic heterocycles. The molecule has 1 fully saturated rings. The first kappa shape index (κ1) is 26.7. The average molecular weight is 508 g/mol. The Balaban J connectivity index is 0.00000361. The number of halogens is 2. The van der Waals surface area contributed by atoms with Gasteiger partial charge in [0.15, 0.2) is 5.78 Å². The second-order valence-electron chi connectivity index (χ2n) is 8.18. The lowest BCUT2D eigenvalue weighted by Crippen LogP contribution is -2.35. The molecule has 184 valence electrons. The lowest BCUT2D eigenvalue weighted by molar-refractivity contribution is -0.132. The molecular weight excluding hydrogens is 484 g/mol. The zero-order chi connectivity index (χ0) is 25.0. The van der Waals surface area contributed by atoms with Gasteiger partial charge < -0.3 is 4.74 Å². The predicted octanol–water partition coefficient (Wildman–Crippen LogP) is 4.83. The Morgan fingerprint density at radius 2 is 1.83 bits per heavy atom. The van der Waals surface area contributed by atoms with Crippen molar-refractivity contribution in [3.8, 4) is 17.6 Å². The summed E-state index contributed by atoms with van der Waals surface area (Å²) in [6.45, 7) is 6.29. The number of nitrogens with zero attached hydrogens (tertiary/aromatic N) is 3. The van der Waals surface area contributed by atoms with Gasteiger partial charge >= 0.3 is 6.17 Å². The molecule has 2 heterocycles. The maximum absolute atomic E-state index is 13.6. The summed E-state index contributed by atoms with van der Waals surface area (Å²) in [5.41, 5.74) is 2.47. The summed E-state index contributed by atoms with van der Waals surface area (Å²) in [4.78, 5) is 33.7. The van der Waals surface area contributed by atoms with Crippen LogP contribution < -0.4 is 4.74 Å². The summed E-state index contributed by atoms with van der Waals surface area (Å²) in [5.74, 6) is 2.86. The summed E-state index contributed by atoms with van der Waals surface area (Å²) in [6.07, 6.45) is -0.767. The Hall–Kier alpha value is -3.95. The molecule has 1 aliphatic rings.